The monoisotopic (exact) mass is 370 g/mol. The number of nitrogens with zero attached hydrogens (tertiary/aromatic N) is 2. The summed E-state index contributed by atoms with van der Waals surface area (Å²) in [6, 6.07) is 14.8. The van der Waals surface area contributed by atoms with Crippen LogP contribution in [0.3, 0.4) is 0 Å². The van der Waals surface area contributed by atoms with Gasteiger partial charge in [-0.1, -0.05) is 18.2 Å². The summed E-state index contributed by atoms with van der Waals surface area (Å²) in [4.78, 5) is 2.14. The van der Waals surface area contributed by atoms with Gasteiger partial charge >= 0.3 is 0 Å². The quantitative estimate of drug-likeness (QED) is 0.561. The number of aromatic nitrogens is 1. The van der Waals surface area contributed by atoms with Gasteiger partial charge in [0.2, 0.25) is 0 Å². The Labute approximate surface area is 156 Å². The molecule has 2 aromatic carbocycles. The van der Waals surface area contributed by atoms with Crippen molar-refractivity contribution in [1.29, 1.82) is 0 Å². The molecule has 1 fully saturated rings. The van der Waals surface area contributed by atoms with E-state index in [0.29, 0.717) is 19.1 Å². The van der Waals surface area contributed by atoms with Gasteiger partial charge in [-0.15, -0.1) is 0 Å². The van der Waals surface area contributed by atoms with Crippen molar-refractivity contribution in [3.63, 3.8) is 0 Å². The number of benzene rings is 2. The zero-order chi connectivity index (χ0) is 18.8. The van der Waals surface area contributed by atoms with Crippen molar-refractivity contribution in [2.24, 2.45) is 0 Å². The van der Waals surface area contributed by atoms with Crippen LogP contribution in [0.5, 0.6) is 0 Å². The van der Waals surface area contributed by atoms with Crippen molar-refractivity contribution in [3.8, 4) is 0 Å². The van der Waals surface area contributed by atoms with Gasteiger partial charge in [-0.05, 0) is 54.8 Å². The van der Waals surface area contributed by atoms with Gasteiger partial charge in [0, 0.05) is 43.1 Å². The Morgan fingerprint density at radius 3 is 2.22 bits per heavy atom. The Bertz CT molecular complexity index is 893. The van der Waals surface area contributed by atoms with Gasteiger partial charge < -0.3 is 4.57 Å². The highest BCUT2D eigenvalue weighted by Crippen LogP contribution is 2.31. The van der Waals surface area contributed by atoms with Crippen molar-refractivity contribution < 1.29 is 13.2 Å². The summed E-state index contributed by atoms with van der Waals surface area (Å²) in [6.07, 6.45) is 4.08. The molecule has 1 heterocycles. The van der Waals surface area contributed by atoms with E-state index in [1.165, 1.54) is 30.3 Å². The summed E-state index contributed by atoms with van der Waals surface area (Å²) in [6.45, 7) is 1.51. The third kappa shape index (κ3) is 4.25. The van der Waals surface area contributed by atoms with Crippen molar-refractivity contribution in [2.45, 2.75) is 38.5 Å². The maximum absolute atomic E-state index is 14.1. The van der Waals surface area contributed by atoms with Gasteiger partial charge in [-0.3, -0.25) is 4.90 Å². The molecule has 0 saturated heterocycles. The second kappa shape index (κ2) is 7.61. The minimum absolute atomic E-state index is 0.126. The minimum Gasteiger partial charge on any atom is -0.346 e. The SMILES string of the molecule is Fc1ccc(Cn2cccc2CN(Cc2c(F)cccc2F)C2CC2)cc1. The third-order valence-electron chi connectivity index (χ3n) is 5.04. The fourth-order valence-electron chi connectivity index (χ4n) is 3.38. The van der Waals surface area contributed by atoms with Crippen LogP contribution in [0.1, 0.15) is 29.7 Å². The third-order valence-corrected chi connectivity index (χ3v) is 5.04. The van der Waals surface area contributed by atoms with Gasteiger partial charge in [0.05, 0.1) is 0 Å². The van der Waals surface area contributed by atoms with E-state index in [0.717, 1.165) is 24.1 Å². The Hall–Kier alpha value is -2.53. The molecule has 3 aromatic rings. The normalized spacial score (nSPS) is 14.1. The molecule has 0 amide bonds. The highest BCUT2D eigenvalue weighted by Gasteiger charge is 2.30. The van der Waals surface area contributed by atoms with Crippen molar-refractivity contribution in [2.75, 3.05) is 0 Å². The first kappa shape index (κ1) is 17.9. The van der Waals surface area contributed by atoms with Gasteiger partial charge in [0.1, 0.15) is 17.5 Å². The maximum atomic E-state index is 14.1. The second-order valence-corrected chi connectivity index (χ2v) is 7.09. The molecule has 0 unspecified atom stereocenters. The second-order valence-electron chi connectivity index (χ2n) is 7.09. The summed E-state index contributed by atoms with van der Waals surface area (Å²) in [5.41, 5.74) is 2.20. The predicted molar refractivity (Wildman–Crippen MR) is 98.6 cm³/mol. The topological polar surface area (TPSA) is 8.17 Å². The van der Waals surface area contributed by atoms with E-state index >= 15 is 0 Å². The molecule has 0 bridgehead atoms. The first-order chi connectivity index (χ1) is 13.1. The van der Waals surface area contributed by atoms with Crippen molar-refractivity contribution in [3.05, 3.63) is 95.1 Å². The van der Waals surface area contributed by atoms with Gasteiger partial charge in [0.25, 0.3) is 0 Å². The highest BCUT2D eigenvalue weighted by molar-refractivity contribution is 5.21. The Morgan fingerprint density at radius 1 is 0.852 bits per heavy atom. The molecule has 140 valence electrons. The van der Waals surface area contributed by atoms with Crippen LogP contribution in [-0.4, -0.2) is 15.5 Å². The van der Waals surface area contributed by atoms with E-state index in [1.807, 2.05) is 18.3 Å². The lowest BCUT2D eigenvalue weighted by Gasteiger charge is -2.23. The van der Waals surface area contributed by atoms with Crippen LogP contribution >= 0.6 is 0 Å². The van der Waals surface area contributed by atoms with E-state index in [4.69, 9.17) is 0 Å². The average Bonchev–Trinajstić information content (AvgIpc) is 3.41. The number of rotatable bonds is 7. The summed E-state index contributed by atoms with van der Waals surface area (Å²) >= 11 is 0. The predicted octanol–water partition coefficient (Wildman–Crippen LogP) is 5.12. The molecule has 4 rings (SSSR count). The standard InChI is InChI=1S/C22H21F3N2/c23-17-8-6-16(7-9-17)13-26-12-2-3-19(26)14-27(18-10-11-18)15-20-21(24)4-1-5-22(20)25/h1-9,12,18H,10-11,13-15H2. The molecule has 2 nitrogen and oxygen atoms in total. The number of hydrogen-bond donors (Lipinski definition) is 0. The Balaban J connectivity index is 1.51. The summed E-state index contributed by atoms with van der Waals surface area (Å²) in [5, 5.41) is 0. The smallest absolute Gasteiger partial charge is 0.130 e. The molecule has 1 aliphatic carbocycles. The number of halogens is 3. The lowest BCUT2D eigenvalue weighted by molar-refractivity contribution is 0.232. The lowest BCUT2D eigenvalue weighted by Crippen LogP contribution is -2.27. The fourth-order valence-corrected chi connectivity index (χ4v) is 3.38. The Morgan fingerprint density at radius 2 is 1.56 bits per heavy atom. The van der Waals surface area contributed by atoms with E-state index in [-0.39, 0.29) is 17.9 Å². The first-order valence-electron chi connectivity index (χ1n) is 9.15. The number of hydrogen-bond acceptors (Lipinski definition) is 1. The molecule has 0 radical (unpaired) electrons. The molecule has 1 saturated carbocycles. The lowest BCUT2D eigenvalue weighted by atomic mass is 10.1. The minimum atomic E-state index is -0.498. The van der Waals surface area contributed by atoms with Gasteiger partial charge in [0.15, 0.2) is 0 Å². The zero-order valence-corrected chi connectivity index (χ0v) is 14.9. The van der Waals surface area contributed by atoms with E-state index in [2.05, 4.69) is 9.47 Å². The largest absolute Gasteiger partial charge is 0.346 e. The molecule has 1 aromatic heterocycles. The molecule has 27 heavy (non-hydrogen) atoms. The van der Waals surface area contributed by atoms with Crippen LogP contribution in [0.4, 0.5) is 13.2 Å². The van der Waals surface area contributed by atoms with Crippen LogP contribution in [0.25, 0.3) is 0 Å². The first-order valence-corrected chi connectivity index (χ1v) is 9.15. The van der Waals surface area contributed by atoms with Crippen LogP contribution in [0.2, 0.25) is 0 Å². The van der Waals surface area contributed by atoms with Crippen molar-refractivity contribution >= 4 is 0 Å². The molecule has 0 atom stereocenters. The average molecular weight is 370 g/mol. The van der Waals surface area contributed by atoms with Gasteiger partial charge in [-0.2, -0.15) is 0 Å². The van der Waals surface area contributed by atoms with Gasteiger partial charge in [-0.25, -0.2) is 13.2 Å². The Kier molecular flexibility index (Phi) is 5.03. The molecule has 0 N–H and O–H groups in total. The molecular formula is C22H21F3N2. The van der Waals surface area contributed by atoms with Crippen molar-refractivity contribution in [1.82, 2.24) is 9.47 Å². The summed E-state index contributed by atoms with van der Waals surface area (Å²) < 4.78 is 43.3. The van der Waals surface area contributed by atoms with E-state index in [1.54, 1.807) is 12.1 Å². The molecule has 0 spiro atoms. The molecule has 5 heteroatoms. The summed E-state index contributed by atoms with van der Waals surface area (Å²) in [5.74, 6) is -1.25. The van der Waals surface area contributed by atoms with Crippen LogP contribution in [0, 0.1) is 17.5 Å². The zero-order valence-electron chi connectivity index (χ0n) is 14.9. The van der Waals surface area contributed by atoms with Crippen LogP contribution in [0.15, 0.2) is 60.8 Å². The van der Waals surface area contributed by atoms with E-state index < -0.39 is 11.6 Å². The molecule has 0 aliphatic heterocycles. The van der Waals surface area contributed by atoms with Crippen LogP contribution < -0.4 is 0 Å². The maximum Gasteiger partial charge on any atom is 0.130 e. The summed E-state index contributed by atoms with van der Waals surface area (Å²) in [7, 11) is 0. The fraction of sp³-hybridized carbons (Fsp3) is 0.273. The van der Waals surface area contributed by atoms with E-state index in [9.17, 15) is 13.2 Å². The molecule has 1 aliphatic rings. The molecular weight excluding hydrogens is 349 g/mol. The van der Waals surface area contributed by atoms with Crippen LogP contribution in [-0.2, 0) is 19.6 Å². The highest BCUT2D eigenvalue weighted by atomic mass is 19.1.